The molecule has 0 spiro atoms. The molecule has 0 radical (unpaired) electrons. The van der Waals surface area contributed by atoms with E-state index in [0.717, 1.165) is 4.88 Å². The second-order valence-corrected chi connectivity index (χ2v) is 4.59. The van der Waals surface area contributed by atoms with Crippen molar-refractivity contribution in [1.82, 2.24) is 10.3 Å². The van der Waals surface area contributed by atoms with Crippen molar-refractivity contribution in [2.75, 3.05) is 0 Å². The maximum absolute atomic E-state index is 11.7. The van der Waals surface area contributed by atoms with E-state index in [-0.39, 0.29) is 5.91 Å². The van der Waals surface area contributed by atoms with E-state index >= 15 is 0 Å². The summed E-state index contributed by atoms with van der Waals surface area (Å²) in [4.78, 5) is 16.7. The van der Waals surface area contributed by atoms with Crippen LogP contribution in [0.5, 0.6) is 0 Å². The molecule has 2 aromatic heterocycles. The highest BCUT2D eigenvalue weighted by Crippen LogP contribution is 2.10. The lowest BCUT2D eigenvalue weighted by atomic mass is 10.3. The fraction of sp³-hybridized carbons (Fsp3) is 0.0909. The number of rotatable bonds is 3. The molecule has 2 aromatic rings. The summed E-state index contributed by atoms with van der Waals surface area (Å²) in [7, 11) is 0. The minimum absolute atomic E-state index is 0.212. The Kier molecular flexibility index (Phi) is 3.54. The smallest absolute Gasteiger partial charge is 0.270 e. The van der Waals surface area contributed by atoms with Gasteiger partial charge in [-0.2, -0.15) is 0 Å². The van der Waals surface area contributed by atoms with Crippen LogP contribution >= 0.6 is 22.9 Å². The second-order valence-electron chi connectivity index (χ2n) is 3.12. The summed E-state index contributed by atoms with van der Waals surface area (Å²) in [6.07, 6.45) is 1.52. The highest BCUT2D eigenvalue weighted by Gasteiger charge is 2.07. The predicted molar refractivity (Wildman–Crippen MR) is 64.7 cm³/mol. The molecule has 0 aliphatic carbocycles. The lowest BCUT2D eigenvalue weighted by Gasteiger charge is -2.02. The predicted octanol–water partition coefficient (Wildman–Crippen LogP) is 2.73. The molecule has 0 atom stereocenters. The van der Waals surface area contributed by atoms with E-state index in [1.54, 1.807) is 23.5 Å². The van der Waals surface area contributed by atoms with Crippen LogP contribution in [-0.2, 0) is 6.54 Å². The highest BCUT2D eigenvalue weighted by atomic mass is 35.5. The third-order valence-electron chi connectivity index (χ3n) is 1.96. The van der Waals surface area contributed by atoms with Gasteiger partial charge in [0.1, 0.15) is 5.69 Å². The topological polar surface area (TPSA) is 42.0 Å². The van der Waals surface area contributed by atoms with Crippen LogP contribution in [0.2, 0.25) is 5.02 Å². The van der Waals surface area contributed by atoms with E-state index in [9.17, 15) is 4.79 Å². The Balaban J connectivity index is 1.98. The van der Waals surface area contributed by atoms with Crippen LogP contribution in [0.3, 0.4) is 0 Å². The third kappa shape index (κ3) is 2.81. The standard InChI is InChI=1S/C11H9ClN2OS/c12-8-3-4-13-10(6-8)11(15)14-7-9-2-1-5-16-9/h1-6H,7H2,(H,14,15). The molecule has 1 N–H and O–H groups in total. The van der Waals surface area contributed by atoms with Gasteiger partial charge < -0.3 is 5.32 Å². The van der Waals surface area contributed by atoms with Gasteiger partial charge in [-0.05, 0) is 23.6 Å². The van der Waals surface area contributed by atoms with Gasteiger partial charge in [0.05, 0.1) is 6.54 Å². The van der Waals surface area contributed by atoms with E-state index in [1.807, 2.05) is 17.5 Å². The number of hydrogen-bond donors (Lipinski definition) is 1. The molecule has 5 heteroatoms. The maximum atomic E-state index is 11.7. The van der Waals surface area contributed by atoms with Gasteiger partial charge in [-0.3, -0.25) is 9.78 Å². The fourth-order valence-corrected chi connectivity index (χ4v) is 2.00. The van der Waals surface area contributed by atoms with Crippen molar-refractivity contribution >= 4 is 28.8 Å². The number of nitrogens with one attached hydrogen (secondary N) is 1. The molecule has 0 fully saturated rings. The fourth-order valence-electron chi connectivity index (χ4n) is 1.20. The molecule has 82 valence electrons. The summed E-state index contributed by atoms with van der Waals surface area (Å²) in [6, 6.07) is 7.10. The van der Waals surface area contributed by atoms with Crippen molar-refractivity contribution in [3.63, 3.8) is 0 Å². The Morgan fingerprint density at radius 3 is 3.06 bits per heavy atom. The molecule has 0 aliphatic rings. The molecule has 0 saturated carbocycles. The molecular weight excluding hydrogens is 244 g/mol. The van der Waals surface area contributed by atoms with Crippen molar-refractivity contribution in [3.8, 4) is 0 Å². The summed E-state index contributed by atoms with van der Waals surface area (Å²) < 4.78 is 0. The molecule has 0 bridgehead atoms. The van der Waals surface area contributed by atoms with Gasteiger partial charge in [-0.25, -0.2) is 0 Å². The molecule has 1 amide bonds. The zero-order valence-corrected chi connectivity index (χ0v) is 9.89. The molecule has 3 nitrogen and oxygen atoms in total. The van der Waals surface area contributed by atoms with Gasteiger partial charge in [0.25, 0.3) is 5.91 Å². The second kappa shape index (κ2) is 5.09. The Morgan fingerprint density at radius 1 is 1.50 bits per heavy atom. The van der Waals surface area contributed by atoms with Crippen LogP contribution in [0.15, 0.2) is 35.8 Å². The first kappa shape index (κ1) is 11.1. The molecule has 2 rings (SSSR count). The molecule has 0 aromatic carbocycles. The van der Waals surface area contributed by atoms with Crippen molar-refractivity contribution in [2.24, 2.45) is 0 Å². The van der Waals surface area contributed by atoms with E-state index in [1.165, 1.54) is 6.20 Å². The van der Waals surface area contributed by atoms with Gasteiger partial charge >= 0.3 is 0 Å². The molecule has 16 heavy (non-hydrogen) atoms. The highest BCUT2D eigenvalue weighted by molar-refractivity contribution is 7.09. The number of thiophene rings is 1. The van der Waals surface area contributed by atoms with Crippen molar-refractivity contribution < 1.29 is 4.79 Å². The van der Waals surface area contributed by atoms with Crippen LogP contribution < -0.4 is 5.32 Å². The van der Waals surface area contributed by atoms with Crippen molar-refractivity contribution in [3.05, 3.63) is 51.4 Å². The number of aromatic nitrogens is 1. The molecule has 2 heterocycles. The zero-order valence-electron chi connectivity index (χ0n) is 8.31. The van der Waals surface area contributed by atoms with E-state index in [0.29, 0.717) is 17.3 Å². The van der Waals surface area contributed by atoms with Gasteiger partial charge in [0.15, 0.2) is 0 Å². The van der Waals surface area contributed by atoms with Gasteiger partial charge in [0, 0.05) is 16.1 Å². The summed E-state index contributed by atoms with van der Waals surface area (Å²) >= 11 is 7.37. The Hall–Kier alpha value is -1.39. The van der Waals surface area contributed by atoms with Gasteiger partial charge in [-0.1, -0.05) is 17.7 Å². The number of nitrogens with zero attached hydrogens (tertiary/aromatic N) is 1. The number of halogens is 1. The summed E-state index contributed by atoms with van der Waals surface area (Å²) in [5, 5.41) is 5.26. The van der Waals surface area contributed by atoms with Gasteiger partial charge in [-0.15, -0.1) is 11.3 Å². The average molecular weight is 253 g/mol. The number of hydrogen-bond acceptors (Lipinski definition) is 3. The number of pyridine rings is 1. The Bertz CT molecular complexity index is 484. The SMILES string of the molecule is O=C(NCc1cccs1)c1cc(Cl)ccn1. The molecule has 0 saturated heterocycles. The minimum atomic E-state index is -0.212. The summed E-state index contributed by atoms with van der Waals surface area (Å²) in [5.41, 5.74) is 0.337. The lowest BCUT2D eigenvalue weighted by Crippen LogP contribution is -2.23. The van der Waals surface area contributed by atoms with Crippen LogP contribution in [0.1, 0.15) is 15.4 Å². The third-order valence-corrected chi connectivity index (χ3v) is 3.07. The molecule has 0 aliphatic heterocycles. The lowest BCUT2D eigenvalue weighted by molar-refractivity contribution is 0.0946. The maximum Gasteiger partial charge on any atom is 0.270 e. The quantitative estimate of drug-likeness (QED) is 0.913. The number of carbonyl (C=O) groups excluding carboxylic acids is 1. The van der Waals surface area contributed by atoms with Crippen LogP contribution in [0, 0.1) is 0 Å². The van der Waals surface area contributed by atoms with Crippen molar-refractivity contribution in [1.29, 1.82) is 0 Å². The normalized spacial score (nSPS) is 10.1. The van der Waals surface area contributed by atoms with Gasteiger partial charge in [0.2, 0.25) is 0 Å². The average Bonchev–Trinajstić information content (AvgIpc) is 2.78. The Morgan fingerprint density at radius 2 is 2.38 bits per heavy atom. The van der Waals surface area contributed by atoms with Crippen LogP contribution in [0.4, 0.5) is 0 Å². The number of amides is 1. The summed E-state index contributed by atoms with van der Waals surface area (Å²) in [5.74, 6) is -0.212. The van der Waals surface area contributed by atoms with Crippen LogP contribution in [-0.4, -0.2) is 10.9 Å². The first-order chi connectivity index (χ1) is 7.75. The monoisotopic (exact) mass is 252 g/mol. The Labute approximate surface area is 102 Å². The van der Waals surface area contributed by atoms with E-state index in [4.69, 9.17) is 11.6 Å². The van der Waals surface area contributed by atoms with E-state index in [2.05, 4.69) is 10.3 Å². The largest absolute Gasteiger partial charge is 0.346 e. The van der Waals surface area contributed by atoms with E-state index < -0.39 is 0 Å². The van der Waals surface area contributed by atoms with Crippen LogP contribution in [0.25, 0.3) is 0 Å². The first-order valence-electron chi connectivity index (χ1n) is 4.68. The minimum Gasteiger partial charge on any atom is -0.346 e. The number of carbonyl (C=O) groups is 1. The summed E-state index contributed by atoms with van der Waals surface area (Å²) in [6.45, 7) is 0.519. The van der Waals surface area contributed by atoms with Crippen molar-refractivity contribution in [2.45, 2.75) is 6.54 Å². The molecular formula is C11H9ClN2OS. The first-order valence-corrected chi connectivity index (χ1v) is 5.93. The molecule has 0 unspecified atom stereocenters. The zero-order chi connectivity index (χ0) is 11.4.